The smallest absolute Gasteiger partial charge is 0.306 e. The number of nitrogens with zero attached hydrogens (tertiary/aromatic N) is 1. The number of fused-ring (bicyclic) bond motifs is 3. The maximum absolute atomic E-state index is 12.8. The van der Waals surface area contributed by atoms with Gasteiger partial charge in [0.2, 0.25) is 0 Å². The molecule has 3 fully saturated rings. The second-order valence-electron chi connectivity index (χ2n) is 12.2. The van der Waals surface area contributed by atoms with E-state index in [-0.39, 0.29) is 12.1 Å². The average molecular weight is 446 g/mol. The summed E-state index contributed by atoms with van der Waals surface area (Å²) in [6, 6.07) is 2.22. The molecular weight excluding hydrogens is 398 g/mol. The molecule has 2 saturated carbocycles. The number of esters is 1. The Balaban J connectivity index is 1.71. The van der Waals surface area contributed by atoms with Crippen molar-refractivity contribution in [3.8, 4) is 6.07 Å². The summed E-state index contributed by atoms with van der Waals surface area (Å²) in [5.74, 6) is 3.87. The van der Waals surface area contributed by atoms with Gasteiger partial charge in [-0.15, -0.1) is 0 Å². The summed E-state index contributed by atoms with van der Waals surface area (Å²) in [5, 5.41) is 9.06. The van der Waals surface area contributed by atoms with Crippen LogP contribution in [0.2, 0.25) is 0 Å². The highest BCUT2D eigenvalue weighted by Crippen LogP contribution is 2.64. The largest absolute Gasteiger partial charge is 0.459 e. The van der Waals surface area contributed by atoms with Gasteiger partial charge in [0, 0.05) is 19.4 Å². The summed E-state index contributed by atoms with van der Waals surface area (Å²) in [7, 11) is 1.67. The summed E-state index contributed by atoms with van der Waals surface area (Å²) in [4.78, 5) is 12.8. The number of carbonyl (C=O) groups excluding carboxylic acids is 1. The van der Waals surface area contributed by atoms with Crippen LogP contribution in [0.1, 0.15) is 105 Å². The third-order valence-corrected chi connectivity index (χ3v) is 9.79. The van der Waals surface area contributed by atoms with Crippen LogP contribution in [-0.2, 0) is 14.3 Å². The first kappa shape index (κ1) is 25.5. The fraction of sp³-hybridized carbons (Fsp3) is 0.929. The van der Waals surface area contributed by atoms with Gasteiger partial charge in [0.1, 0.15) is 5.60 Å². The van der Waals surface area contributed by atoms with Crippen LogP contribution in [0.5, 0.6) is 0 Å². The summed E-state index contributed by atoms with van der Waals surface area (Å²) < 4.78 is 11.6. The van der Waals surface area contributed by atoms with Gasteiger partial charge in [-0.05, 0) is 80.5 Å². The maximum atomic E-state index is 12.8. The first-order valence-electron chi connectivity index (χ1n) is 13.3. The normalized spacial score (nSPS) is 38.5. The number of hydrogen-bond donors (Lipinski definition) is 0. The van der Waals surface area contributed by atoms with E-state index in [9.17, 15) is 4.79 Å². The number of rotatable bonds is 10. The van der Waals surface area contributed by atoms with E-state index in [0.717, 1.165) is 37.0 Å². The molecule has 182 valence electrons. The highest BCUT2D eigenvalue weighted by molar-refractivity contribution is 5.71. The van der Waals surface area contributed by atoms with Crippen LogP contribution >= 0.6 is 0 Å². The van der Waals surface area contributed by atoms with Crippen molar-refractivity contribution < 1.29 is 14.3 Å². The topological polar surface area (TPSA) is 59.3 Å². The molecule has 1 heterocycles. The molecule has 0 bridgehead atoms. The summed E-state index contributed by atoms with van der Waals surface area (Å²) in [5.41, 5.74) is -0.0542. The summed E-state index contributed by atoms with van der Waals surface area (Å²) in [6.07, 6.45) is 11.5. The Bertz CT molecular complexity index is 685. The van der Waals surface area contributed by atoms with E-state index >= 15 is 0 Å². The van der Waals surface area contributed by atoms with Crippen LogP contribution in [0, 0.1) is 52.3 Å². The molecule has 3 rings (SSSR count). The Kier molecular flexibility index (Phi) is 8.35. The van der Waals surface area contributed by atoms with Crippen molar-refractivity contribution in [2.75, 3.05) is 7.11 Å². The van der Waals surface area contributed by atoms with Crippen molar-refractivity contribution in [2.24, 2.45) is 40.9 Å². The van der Waals surface area contributed by atoms with Crippen LogP contribution in [0.15, 0.2) is 0 Å². The third kappa shape index (κ3) is 5.19. The molecule has 0 spiro atoms. The lowest BCUT2D eigenvalue weighted by atomic mass is 9.52. The molecule has 7 unspecified atom stereocenters. The van der Waals surface area contributed by atoms with E-state index in [2.05, 4.69) is 40.7 Å². The lowest BCUT2D eigenvalue weighted by Crippen LogP contribution is -2.55. The van der Waals surface area contributed by atoms with E-state index < -0.39 is 5.60 Å². The first-order chi connectivity index (χ1) is 15.1. The van der Waals surface area contributed by atoms with Gasteiger partial charge in [-0.2, -0.15) is 5.26 Å². The van der Waals surface area contributed by atoms with Crippen molar-refractivity contribution in [1.82, 2.24) is 0 Å². The van der Waals surface area contributed by atoms with Crippen LogP contribution in [-0.4, -0.2) is 24.8 Å². The maximum Gasteiger partial charge on any atom is 0.306 e. The highest BCUT2D eigenvalue weighted by atomic mass is 16.6. The van der Waals surface area contributed by atoms with Crippen molar-refractivity contribution in [2.45, 2.75) is 117 Å². The second-order valence-corrected chi connectivity index (χ2v) is 12.2. The van der Waals surface area contributed by atoms with Crippen molar-refractivity contribution in [3.63, 3.8) is 0 Å². The molecule has 0 amide bonds. The van der Waals surface area contributed by atoms with Gasteiger partial charge in [0.25, 0.3) is 0 Å². The zero-order valence-corrected chi connectivity index (χ0v) is 21.5. The van der Waals surface area contributed by atoms with Crippen LogP contribution < -0.4 is 0 Å². The Morgan fingerprint density at radius 3 is 2.53 bits per heavy atom. The standard InChI is InChI=1S/C28H47NO3/c1-19(2)8-7-9-20(3)23-10-11-24-22-18-26(30)32-28(5,16-12-21(31-6)14-17-29)25(22)13-15-27(23,24)4/h19-25H,7-16,18H2,1-6H3/t20?,21?,22?,23-,24?,25?,27?,28?/m1/s1. The van der Waals surface area contributed by atoms with Gasteiger partial charge in [0.15, 0.2) is 0 Å². The molecule has 2 aliphatic carbocycles. The fourth-order valence-electron chi connectivity index (χ4n) is 8.01. The molecule has 4 heteroatoms. The van der Waals surface area contributed by atoms with E-state index in [1.807, 2.05) is 0 Å². The minimum absolute atomic E-state index is 0.0133. The van der Waals surface area contributed by atoms with Gasteiger partial charge >= 0.3 is 5.97 Å². The van der Waals surface area contributed by atoms with Crippen LogP contribution in [0.4, 0.5) is 0 Å². The van der Waals surface area contributed by atoms with Crippen LogP contribution in [0.25, 0.3) is 0 Å². The van der Waals surface area contributed by atoms with Gasteiger partial charge < -0.3 is 9.47 Å². The quantitative estimate of drug-likeness (QED) is 0.342. The number of carbonyl (C=O) groups is 1. The molecule has 0 aromatic carbocycles. The number of nitriles is 1. The molecule has 0 radical (unpaired) electrons. The van der Waals surface area contributed by atoms with E-state index in [1.54, 1.807) is 7.11 Å². The summed E-state index contributed by atoms with van der Waals surface area (Å²) in [6.45, 7) is 11.9. The predicted molar refractivity (Wildman–Crippen MR) is 128 cm³/mol. The SMILES string of the molecule is COC(CC#N)CCC1(C)OC(=O)CC2C1CCC1(C)C2CC[C@@H]1C(C)CCCC(C)C. The molecule has 0 aromatic heterocycles. The minimum Gasteiger partial charge on any atom is -0.459 e. The molecule has 4 nitrogen and oxygen atoms in total. The van der Waals surface area contributed by atoms with E-state index in [0.29, 0.717) is 36.0 Å². The monoisotopic (exact) mass is 445 g/mol. The Morgan fingerprint density at radius 1 is 1.12 bits per heavy atom. The molecule has 8 atom stereocenters. The minimum atomic E-state index is -0.422. The molecule has 32 heavy (non-hydrogen) atoms. The molecular formula is C28H47NO3. The zero-order chi connectivity index (χ0) is 23.5. The Hall–Kier alpha value is -1.08. The van der Waals surface area contributed by atoms with Gasteiger partial charge in [-0.25, -0.2) is 0 Å². The zero-order valence-electron chi connectivity index (χ0n) is 21.5. The predicted octanol–water partition coefficient (Wildman–Crippen LogP) is 6.92. The lowest BCUT2D eigenvalue weighted by Gasteiger charge is -2.56. The van der Waals surface area contributed by atoms with Crippen molar-refractivity contribution in [3.05, 3.63) is 0 Å². The lowest BCUT2D eigenvalue weighted by molar-refractivity contribution is -0.197. The molecule has 1 aliphatic heterocycles. The number of hydrogen-bond acceptors (Lipinski definition) is 4. The molecule has 0 aromatic rings. The van der Waals surface area contributed by atoms with E-state index in [4.69, 9.17) is 14.7 Å². The van der Waals surface area contributed by atoms with Crippen molar-refractivity contribution in [1.29, 1.82) is 5.26 Å². The second kappa shape index (κ2) is 10.5. The first-order valence-corrected chi connectivity index (χ1v) is 13.3. The van der Waals surface area contributed by atoms with Crippen molar-refractivity contribution >= 4 is 5.97 Å². The van der Waals surface area contributed by atoms with Gasteiger partial charge in [-0.3, -0.25) is 4.79 Å². The third-order valence-electron chi connectivity index (χ3n) is 9.79. The molecule has 3 aliphatic rings. The number of ether oxygens (including phenoxy) is 2. The van der Waals surface area contributed by atoms with Gasteiger partial charge in [-0.1, -0.05) is 47.0 Å². The number of methoxy groups -OCH3 is 1. The van der Waals surface area contributed by atoms with E-state index in [1.165, 1.54) is 38.5 Å². The average Bonchev–Trinajstić information content (AvgIpc) is 3.08. The number of cyclic esters (lactones) is 1. The fourth-order valence-corrected chi connectivity index (χ4v) is 8.01. The Morgan fingerprint density at radius 2 is 1.88 bits per heavy atom. The van der Waals surface area contributed by atoms with Gasteiger partial charge in [0.05, 0.1) is 18.6 Å². The Labute approximate surface area is 196 Å². The summed E-state index contributed by atoms with van der Waals surface area (Å²) >= 11 is 0. The highest BCUT2D eigenvalue weighted by Gasteiger charge is 2.60. The molecule has 0 N–H and O–H groups in total. The van der Waals surface area contributed by atoms with Crippen LogP contribution in [0.3, 0.4) is 0 Å². The molecule has 1 saturated heterocycles.